The van der Waals surface area contributed by atoms with Crippen LogP contribution in [0, 0.1) is 0 Å². The van der Waals surface area contributed by atoms with Crippen LogP contribution in [0.15, 0.2) is 24.3 Å². The number of halogens is 5. The first-order valence-corrected chi connectivity index (χ1v) is 9.56. The van der Waals surface area contributed by atoms with Crippen molar-refractivity contribution >= 4 is 17.4 Å². The van der Waals surface area contributed by atoms with E-state index in [1.165, 1.54) is 12.1 Å². The minimum Gasteiger partial charge on any atom is -0.435 e. The lowest BCUT2D eigenvalue weighted by Gasteiger charge is -2.37. The Balaban J connectivity index is 0.00000289. The van der Waals surface area contributed by atoms with Crippen molar-refractivity contribution in [1.82, 2.24) is 10.2 Å². The van der Waals surface area contributed by atoms with Gasteiger partial charge in [-0.15, -0.1) is 0 Å². The van der Waals surface area contributed by atoms with E-state index >= 15 is 0 Å². The highest BCUT2D eigenvalue weighted by atomic mass is 19.4. The maximum atomic E-state index is 13.7. The molecule has 8 nitrogen and oxygen atoms in total. The molecule has 0 saturated carbocycles. The number of rotatable bonds is 4. The third-order valence-corrected chi connectivity index (χ3v) is 5.68. The predicted molar refractivity (Wildman–Crippen MR) is 103 cm³/mol. The van der Waals surface area contributed by atoms with Gasteiger partial charge in [-0.2, -0.15) is 27.1 Å². The summed E-state index contributed by atoms with van der Waals surface area (Å²) in [5.41, 5.74) is -2.79. The highest BCUT2D eigenvalue weighted by Crippen LogP contribution is 2.49. The van der Waals surface area contributed by atoms with Gasteiger partial charge in [0.1, 0.15) is 5.75 Å². The lowest BCUT2D eigenvalue weighted by atomic mass is 9.81. The monoisotopic (exact) mass is 464 g/mol. The van der Waals surface area contributed by atoms with E-state index in [0.717, 1.165) is 5.69 Å². The highest BCUT2D eigenvalue weighted by molar-refractivity contribution is 5.94. The van der Waals surface area contributed by atoms with E-state index in [9.17, 15) is 31.9 Å². The molecule has 2 aliphatic rings. The normalized spacial score (nSPS) is 21.7. The zero-order chi connectivity index (χ0) is 22.4. The van der Waals surface area contributed by atoms with E-state index in [0.29, 0.717) is 25.9 Å². The lowest BCUT2D eigenvalue weighted by molar-refractivity contribution is -0.267. The Morgan fingerprint density at radius 2 is 1.81 bits per heavy atom. The lowest BCUT2D eigenvalue weighted by Crippen LogP contribution is -2.48. The summed E-state index contributed by atoms with van der Waals surface area (Å²) in [5, 5.41) is 19.1. The van der Waals surface area contributed by atoms with Crippen molar-refractivity contribution in [1.29, 1.82) is 0 Å². The predicted octanol–water partition coefficient (Wildman–Crippen LogP) is 2.66. The molecule has 13 heteroatoms. The molecule has 5 N–H and O–H groups in total. The smallest absolute Gasteiger partial charge is 0.422 e. The van der Waals surface area contributed by atoms with Crippen LogP contribution in [-0.2, 0) is 10.4 Å². The molecule has 0 unspecified atom stereocenters. The average molecular weight is 464 g/mol. The fourth-order valence-electron chi connectivity index (χ4n) is 4.16. The minimum absolute atomic E-state index is 0. The molecule has 4 rings (SSSR count). The molecule has 1 aromatic carbocycles. The fraction of sp³-hybridized carbons (Fsp3) is 0.474. The van der Waals surface area contributed by atoms with Crippen LogP contribution in [0.25, 0.3) is 0 Å². The molecule has 0 spiro atoms. The molecule has 1 atom stereocenters. The van der Waals surface area contributed by atoms with Gasteiger partial charge in [0.15, 0.2) is 11.4 Å². The van der Waals surface area contributed by atoms with Crippen molar-refractivity contribution in [3.05, 3.63) is 35.5 Å². The molecule has 3 heterocycles. The Morgan fingerprint density at radius 3 is 2.38 bits per heavy atom. The summed E-state index contributed by atoms with van der Waals surface area (Å²) >= 11 is 0. The van der Waals surface area contributed by atoms with Crippen molar-refractivity contribution < 1.29 is 42.1 Å². The number of amides is 1. The summed E-state index contributed by atoms with van der Waals surface area (Å²) in [4.78, 5) is 13.6. The molecule has 1 amide bonds. The summed E-state index contributed by atoms with van der Waals surface area (Å²) in [6.45, 7) is -1.93. The molecule has 0 aliphatic carbocycles. The second-order valence-electron chi connectivity index (χ2n) is 7.58. The van der Waals surface area contributed by atoms with Crippen LogP contribution in [-0.4, -0.2) is 52.6 Å². The van der Waals surface area contributed by atoms with Crippen molar-refractivity contribution in [2.24, 2.45) is 0 Å². The first kappa shape index (κ1) is 23.7. The number of anilines is 2. The maximum Gasteiger partial charge on any atom is 0.422 e. The van der Waals surface area contributed by atoms with Gasteiger partial charge in [-0.3, -0.25) is 9.89 Å². The number of piperidine rings is 1. The van der Waals surface area contributed by atoms with Gasteiger partial charge in [-0.25, -0.2) is 0 Å². The molecule has 1 aromatic heterocycles. The standard InChI is InChI=1S/C19H19F5N4O3.H2O/c20-17(21)31-12-3-1-11(2-4-12)28-7-5-10(6-8-28)15-14-16(27-26-15)25-13(29)9-18(14,30)19(22,23)24;/h1-4,10,17,30H,5-9H2,(H2,25,26,27,29);1H2/t18-;/m1./s1. The number of aromatic nitrogens is 2. The molecule has 2 aliphatic heterocycles. The molecule has 176 valence electrons. The maximum absolute atomic E-state index is 13.7. The van der Waals surface area contributed by atoms with Crippen LogP contribution in [0.1, 0.15) is 36.4 Å². The summed E-state index contributed by atoms with van der Waals surface area (Å²) in [5.74, 6) is -1.56. The molecule has 1 saturated heterocycles. The minimum atomic E-state index is -5.04. The van der Waals surface area contributed by atoms with Crippen LogP contribution in [0.2, 0.25) is 0 Å². The third kappa shape index (κ3) is 4.21. The van der Waals surface area contributed by atoms with Gasteiger partial charge in [-0.05, 0) is 37.1 Å². The number of carbonyl (C=O) groups is 1. The Morgan fingerprint density at radius 1 is 1.19 bits per heavy atom. The van der Waals surface area contributed by atoms with E-state index in [4.69, 9.17) is 0 Å². The van der Waals surface area contributed by atoms with Crippen molar-refractivity contribution in [3.8, 4) is 5.75 Å². The van der Waals surface area contributed by atoms with Gasteiger partial charge in [0.25, 0.3) is 0 Å². The molecule has 1 fully saturated rings. The highest BCUT2D eigenvalue weighted by Gasteiger charge is 2.61. The van der Waals surface area contributed by atoms with Gasteiger partial charge in [0, 0.05) is 30.4 Å². The number of hydrogen-bond acceptors (Lipinski definition) is 5. The molecule has 0 bridgehead atoms. The van der Waals surface area contributed by atoms with Crippen LogP contribution in [0.3, 0.4) is 0 Å². The summed E-state index contributed by atoms with van der Waals surface area (Å²) in [6.07, 6.45) is -5.24. The zero-order valence-electron chi connectivity index (χ0n) is 16.5. The zero-order valence-corrected chi connectivity index (χ0v) is 16.5. The topological polar surface area (TPSA) is 122 Å². The quantitative estimate of drug-likeness (QED) is 0.601. The van der Waals surface area contributed by atoms with Gasteiger partial charge in [-0.1, -0.05) is 0 Å². The number of alkyl halides is 5. The summed E-state index contributed by atoms with van der Waals surface area (Å²) in [7, 11) is 0. The molecule has 2 aromatic rings. The number of benzene rings is 1. The number of hydrogen-bond donors (Lipinski definition) is 3. The van der Waals surface area contributed by atoms with Gasteiger partial charge in [0.05, 0.1) is 12.0 Å². The largest absolute Gasteiger partial charge is 0.435 e. The Kier molecular flexibility index (Phi) is 6.33. The van der Waals surface area contributed by atoms with E-state index in [1.54, 1.807) is 12.1 Å². The van der Waals surface area contributed by atoms with Gasteiger partial charge >= 0.3 is 12.8 Å². The molecule has 0 radical (unpaired) electrons. The molecular formula is C19H21F5N4O4. The fourth-order valence-corrected chi connectivity index (χ4v) is 4.16. The second-order valence-corrected chi connectivity index (χ2v) is 7.58. The van der Waals surface area contributed by atoms with E-state index in [1.807, 2.05) is 4.90 Å². The van der Waals surface area contributed by atoms with E-state index in [-0.39, 0.29) is 28.7 Å². The first-order valence-electron chi connectivity index (χ1n) is 9.56. The Labute approximate surface area is 178 Å². The van der Waals surface area contributed by atoms with Gasteiger partial charge in [0.2, 0.25) is 5.91 Å². The number of nitrogens with zero attached hydrogens (tertiary/aromatic N) is 2. The Bertz CT molecular complexity index is 958. The van der Waals surface area contributed by atoms with Crippen molar-refractivity contribution in [2.75, 3.05) is 23.3 Å². The SMILES string of the molecule is O.O=C1C[C@](O)(C(F)(F)F)c2c(n[nH]c2C2CCN(c3ccc(OC(F)F)cc3)CC2)N1. The second kappa shape index (κ2) is 8.54. The van der Waals surface area contributed by atoms with E-state index < -0.39 is 36.3 Å². The third-order valence-electron chi connectivity index (χ3n) is 5.68. The van der Waals surface area contributed by atoms with Crippen molar-refractivity contribution in [3.63, 3.8) is 0 Å². The van der Waals surface area contributed by atoms with E-state index in [2.05, 4.69) is 20.3 Å². The van der Waals surface area contributed by atoms with Crippen LogP contribution in [0.4, 0.5) is 33.5 Å². The number of ether oxygens (including phenoxy) is 1. The van der Waals surface area contributed by atoms with Crippen LogP contribution >= 0.6 is 0 Å². The number of carbonyl (C=O) groups excluding carboxylic acids is 1. The van der Waals surface area contributed by atoms with Crippen molar-refractivity contribution in [2.45, 2.75) is 43.6 Å². The number of H-pyrrole nitrogens is 1. The summed E-state index contributed by atoms with van der Waals surface area (Å²) < 4.78 is 69.8. The average Bonchev–Trinajstić information content (AvgIpc) is 3.12. The first-order chi connectivity index (χ1) is 14.6. The van der Waals surface area contributed by atoms with Crippen LogP contribution in [0.5, 0.6) is 5.75 Å². The summed E-state index contributed by atoms with van der Waals surface area (Å²) in [6, 6.07) is 6.11. The molecule has 32 heavy (non-hydrogen) atoms. The number of aliphatic hydroxyl groups is 1. The van der Waals surface area contributed by atoms with Crippen LogP contribution < -0.4 is 15.0 Å². The van der Waals surface area contributed by atoms with Gasteiger partial charge < -0.3 is 25.5 Å². The Hall–Kier alpha value is -2.93. The molecular weight excluding hydrogens is 443 g/mol. The number of fused-ring (bicyclic) bond motifs is 1. The number of nitrogens with one attached hydrogen (secondary N) is 2. The number of aromatic amines is 1.